The summed E-state index contributed by atoms with van der Waals surface area (Å²) in [6, 6.07) is 1.98. The van der Waals surface area contributed by atoms with E-state index in [4.69, 9.17) is 0 Å². The largest absolute Gasteiger partial charge is 0.340 e. The van der Waals surface area contributed by atoms with Crippen molar-refractivity contribution in [1.29, 1.82) is 0 Å². The molecule has 0 radical (unpaired) electrons. The van der Waals surface area contributed by atoms with Crippen LogP contribution in [0, 0.1) is 0 Å². The molecule has 1 fully saturated rings. The Bertz CT molecular complexity index is 891. The van der Waals surface area contributed by atoms with Gasteiger partial charge in [-0.15, -0.1) is 0 Å². The highest BCUT2D eigenvalue weighted by atomic mass is 16.2. The molecule has 2 aromatic heterocycles. The molecule has 0 saturated carbocycles. The van der Waals surface area contributed by atoms with E-state index in [2.05, 4.69) is 5.32 Å². The van der Waals surface area contributed by atoms with Crippen LogP contribution in [0.15, 0.2) is 21.9 Å². The molecule has 2 aromatic rings. The zero-order chi connectivity index (χ0) is 17.4. The Hall–Kier alpha value is -2.35. The highest BCUT2D eigenvalue weighted by Gasteiger charge is 2.23. The number of aromatic nitrogens is 3. The number of nitrogens with zero attached hydrogens (tertiary/aromatic N) is 4. The molecule has 1 saturated heterocycles. The molecule has 0 bridgehead atoms. The van der Waals surface area contributed by atoms with E-state index in [1.807, 2.05) is 11.9 Å². The first-order valence-electron chi connectivity index (χ1n) is 8.14. The van der Waals surface area contributed by atoms with Gasteiger partial charge in [0.25, 0.3) is 5.56 Å². The lowest BCUT2D eigenvalue weighted by Gasteiger charge is -2.32. The van der Waals surface area contributed by atoms with Gasteiger partial charge in [-0.2, -0.15) is 0 Å². The topological polar surface area (TPSA) is 81.3 Å². The molecule has 3 heterocycles. The molecular formula is C16H23N5O3. The second-order valence-corrected chi connectivity index (χ2v) is 6.35. The van der Waals surface area contributed by atoms with Gasteiger partial charge in [-0.25, -0.2) is 4.79 Å². The van der Waals surface area contributed by atoms with Crippen molar-refractivity contribution in [3.63, 3.8) is 0 Å². The van der Waals surface area contributed by atoms with Crippen LogP contribution in [0.3, 0.4) is 0 Å². The molecule has 8 nitrogen and oxygen atoms in total. The number of likely N-dealkylation sites (tertiary alicyclic amines) is 1. The van der Waals surface area contributed by atoms with Crippen LogP contribution in [0.25, 0.3) is 11.0 Å². The van der Waals surface area contributed by atoms with Crippen LogP contribution < -0.4 is 16.6 Å². The maximum atomic E-state index is 12.6. The molecule has 1 amide bonds. The molecule has 1 aliphatic heterocycles. The molecule has 0 spiro atoms. The molecule has 1 aliphatic rings. The summed E-state index contributed by atoms with van der Waals surface area (Å²) in [4.78, 5) is 38.8. The summed E-state index contributed by atoms with van der Waals surface area (Å²) in [7, 11) is 4.98. The van der Waals surface area contributed by atoms with Crippen molar-refractivity contribution in [2.45, 2.75) is 25.4 Å². The number of piperidine rings is 1. The number of rotatable bonds is 3. The van der Waals surface area contributed by atoms with Crippen LogP contribution in [0.2, 0.25) is 0 Å². The monoisotopic (exact) mass is 333 g/mol. The SMILES string of the molecule is CNC1CCCN(C(=O)Cn2ccc3c(=O)n(C)c(=O)n(C)c32)C1. The van der Waals surface area contributed by atoms with Gasteiger partial charge in [-0.3, -0.25) is 18.7 Å². The average molecular weight is 333 g/mol. The zero-order valence-corrected chi connectivity index (χ0v) is 14.3. The molecule has 24 heavy (non-hydrogen) atoms. The van der Waals surface area contributed by atoms with Gasteiger partial charge in [0.15, 0.2) is 0 Å². The van der Waals surface area contributed by atoms with Gasteiger partial charge in [0.2, 0.25) is 5.91 Å². The Kier molecular flexibility index (Phi) is 4.31. The number of hydrogen-bond acceptors (Lipinski definition) is 4. The number of aryl methyl sites for hydroxylation is 1. The third-order valence-electron chi connectivity index (χ3n) is 4.85. The highest BCUT2D eigenvalue weighted by molar-refractivity contribution is 5.80. The molecular weight excluding hydrogens is 310 g/mol. The first-order valence-corrected chi connectivity index (χ1v) is 8.14. The maximum absolute atomic E-state index is 12.6. The standard InChI is InChI=1S/C16H23N5O3/c1-17-11-5-4-7-20(9-11)13(22)10-21-8-6-12-14(21)18(2)16(24)19(3)15(12)23/h6,8,11,17H,4-5,7,9-10H2,1-3H3. The molecule has 0 aliphatic carbocycles. The average Bonchev–Trinajstić information content (AvgIpc) is 3.01. The summed E-state index contributed by atoms with van der Waals surface area (Å²) in [6.45, 7) is 1.56. The van der Waals surface area contributed by atoms with E-state index in [-0.39, 0.29) is 18.0 Å². The van der Waals surface area contributed by atoms with E-state index in [0.29, 0.717) is 23.6 Å². The van der Waals surface area contributed by atoms with Crippen LogP contribution >= 0.6 is 0 Å². The number of carbonyl (C=O) groups is 1. The summed E-state index contributed by atoms with van der Waals surface area (Å²) in [5, 5.41) is 3.66. The van der Waals surface area contributed by atoms with Crippen LogP contribution in [0.1, 0.15) is 12.8 Å². The Morgan fingerprint density at radius 3 is 2.75 bits per heavy atom. The summed E-state index contributed by atoms with van der Waals surface area (Å²) >= 11 is 0. The third kappa shape index (κ3) is 2.66. The van der Waals surface area contributed by atoms with Gasteiger partial charge in [0, 0.05) is 39.4 Å². The predicted octanol–water partition coefficient (Wildman–Crippen LogP) is -0.751. The van der Waals surface area contributed by atoms with E-state index in [9.17, 15) is 14.4 Å². The summed E-state index contributed by atoms with van der Waals surface area (Å²) in [5.74, 6) is 0.000533. The van der Waals surface area contributed by atoms with Gasteiger partial charge < -0.3 is 14.8 Å². The van der Waals surface area contributed by atoms with Crippen molar-refractivity contribution in [3.8, 4) is 0 Å². The molecule has 1 N–H and O–H groups in total. The smallest absolute Gasteiger partial charge is 0.332 e. The highest BCUT2D eigenvalue weighted by Crippen LogP contribution is 2.13. The minimum atomic E-state index is -0.395. The molecule has 0 aromatic carbocycles. The third-order valence-corrected chi connectivity index (χ3v) is 4.85. The van der Waals surface area contributed by atoms with Crippen molar-refractivity contribution in [1.82, 2.24) is 23.9 Å². The molecule has 3 rings (SSSR count). The fourth-order valence-electron chi connectivity index (χ4n) is 3.40. The van der Waals surface area contributed by atoms with Crippen LogP contribution in [-0.2, 0) is 25.4 Å². The number of nitrogens with one attached hydrogen (secondary N) is 1. The van der Waals surface area contributed by atoms with E-state index in [1.165, 1.54) is 11.6 Å². The molecule has 1 unspecified atom stereocenters. The number of amides is 1. The first-order chi connectivity index (χ1) is 11.4. The van der Waals surface area contributed by atoms with E-state index in [1.54, 1.807) is 23.9 Å². The number of likely N-dealkylation sites (N-methyl/N-ethyl adjacent to an activating group) is 1. The van der Waals surface area contributed by atoms with E-state index < -0.39 is 5.69 Å². The van der Waals surface area contributed by atoms with Crippen molar-refractivity contribution in [2.24, 2.45) is 14.1 Å². The molecule has 8 heteroatoms. The van der Waals surface area contributed by atoms with E-state index >= 15 is 0 Å². The molecule has 130 valence electrons. The molecule has 1 atom stereocenters. The number of hydrogen-bond donors (Lipinski definition) is 1. The summed E-state index contributed by atoms with van der Waals surface area (Å²) in [5.41, 5.74) is -0.251. The van der Waals surface area contributed by atoms with Gasteiger partial charge in [-0.1, -0.05) is 0 Å². The zero-order valence-electron chi connectivity index (χ0n) is 14.3. The summed E-state index contributed by atoms with van der Waals surface area (Å²) in [6.07, 6.45) is 3.74. The maximum Gasteiger partial charge on any atom is 0.332 e. The summed E-state index contributed by atoms with van der Waals surface area (Å²) < 4.78 is 4.18. The van der Waals surface area contributed by atoms with Crippen molar-refractivity contribution >= 4 is 16.9 Å². The minimum absolute atomic E-state index is 0.000533. The lowest BCUT2D eigenvalue weighted by Crippen LogP contribution is -2.48. The van der Waals surface area contributed by atoms with Crippen molar-refractivity contribution in [2.75, 3.05) is 20.1 Å². The van der Waals surface area contributed by atoms with Gasteiger partial charge in [0.05, 0.1) is 5.39 Å². The van der Waals surface area contributed by atoms with Crippen LogP contribution in [-0.4, -0.2) is 50.7 Å². The first kappa shape index (κ1) is 16.5. The lowest BCUT2D eigenvalue weighted by atomic mass is 10.1. The Labute approximate surface area is 139 Å². The van der Waals surface area contributed by atoms with Crippen molar-refractivity contribution in [3.05, 3.63) is 33.1 Å². The van der Waals surface area contributed by atoms with Gasteiger partial charge in [-0.05, 0) is 26.0 Å². The Morgan fingerprint density at radius 2 is 2.04 bits per heavy atom. The number of carbonyl (C=O) groups excluding carboxylic acids is 1. The van der Waals surface area contributed by atoms with Gasteiger partial charge in [0.1, 0.15) is 12.2 Å². The van der Waals surface area contributed by atoms with Crippen LogP contribution in [0.4, 0.5) is 0 Å². The second-order valence-electron chi connectivity index (χ2n) is 6.35. The Morgan fingerprint density at radius 1 is 1.29 bits per heavy atom. The predicted molar refractivity (Wildman–Crippen MR) is 91.1 cm³/mol. The van der Waals surface area contributed by atoms with E-state index in [0.717, 1.165) is 24.0 Å². The quantitative estimate of drug-likeness (QED) is 0.801. The fraction of sp³-hybridized carbons (Fsp3) is 0.562. The fourth-order valence-corrected chi connectivity index (χ4v) is 3.40. The van der Waals surface area contributed by atoms with Gasteiger partial charge >= 0.3 is 5.69 Å². The number of fused-ring (bicyclic) bond motifs is 1. The van der Waals surface area contributed by atoms with Crippen molar-refractivity contribution < 1.29 is 4.79 Å². The lowest BCUT2D eigenvalue weighted by molar-refractivity contribution is -0.133. The minimum Gasteiger partial charge on any atom is -0.340 e. The second kappa shape index (κ2) is 6.27. The normalized spacial score (nSPS) is 18.3. The Balaban J connectivity index is 1.92. The van der Waals surface area contributed by atoms with Crippen LogP contribution in [0.5, 0.6) is 0 Å².